The zero-order chi connectivity index (χ0) is 43.9. The molecule has 58 heavy (non-hydrogen) atoms. The predicted octanol–water partition coefficient (Wildman–Crippen LogP) is 0.0122. The molecule has 0 aliphatic carbocycles. The standard InChI is InChI=1S/C23H36N4O4S.C14H28N7O3PS/c1-4-21(29)26-19(14-17-10-6-5-7-11-17)23(31)27-20(15-32)22(30)25-13-9-8-12-18(24-3)16(2)28;1-9(22)10(16-2)5-3-4-6-17-13(24)11(7-15)19-12(23)8-18-20-14(26)21-25/h5-7,10-11,18-20,24,32H,4,8-9,12-15H2,1-3H3,(H,25,30)(H,26,29)(H,27,31);10-11,16H,3-8,15,25H2,1-2H3,(H,17,24)(H,19,23)(H,21,26). The maximum absolute atomic E-state index is 12.8. The molecule has 0 heterocycles. The van der Waals surface area contributed by atoms with Crippen molar-refractivity contribution < 1.29 is 33.6 Å². The highest BCUT2D eigenvalue weighted by Crippen LogP contribution is 2.06. The van der Waals surface area contributed by atoms with Crippen molar-refractivity contribution in [3.05, 3.63) is 35.9 Å². The summed E-state index contributed by atoms with van der Waals surface area (Å²) in [5.41, 5.74) is 6.44. The number of hydrogen-bond acceptors (Lipinski definition) is 13. The average molecular weight is 870 g/mol. The third-order valence-electron chi connectivity index (χ3n) is 8.57. The van der Waals surface area contributed by atoms with Gasteiger partial charge in [-0.2, -0.15) is 17.7 Å². The third-order valence-corrected chi connectivity index (χ3v) is 9.62. The Balaban J connectivity index is 0.00000115. The number of unbranched alkanes of at least 4 members (excludes halogenated alkanes) is 2. The lowest BCUT2D eigenvalue weighted by atomic mass is 10.0. The van der Waals surface area contributed by atoms with E-state index in [2.05, 4.69) is 74.6 Å². The number of hydrogen-bond donors (Lipinski definition) is 10. The van der Waals surface area contributed by atoms with Gasteiger partial charge in [-0.1, -0.05) is 37.3 Å². The van der Waals surface area contributed by atoms with Crippen LogP contribution in [0.4, 0.5) is 0 Å². The molecule has 10 N–H and O–H groups in total. The van der Waals surface area contributed by atoms with Gasteiger partial charge in [0.2, 0.25) is 34.6 Å². The highest BCUT2D eigenvalue weighted by Gasteiger charge is 2.26. The van der Waals surface area contributed by atoms with Crippen LogP contribution in [0.25, 0.3) is 0 Å². The summed E-state index contributed by atoms with van der Waals surface area (Å²) in [6.45, 7) is 5.39. The molecule has 0 spiro atoms. The molecule has 0 radical (unpaired) electrons. The molecule has 21 heteroatoms. The molecule has 0 saturated heterocycles. The fourth-order valence-electron chi connectivity index (χ4n) is 5.20. The largest absolute Gasteiger partial charge is 0.354 e. The van der Waals surface area contributed by atoms with Crippen LogP contribution >= 0.6 is 34.2 Å². The minimum absolute atomic E-state index is 0.0353. The molecule has 1 rings (SSSR count). The summed E-state index contributed by atoms with van der Waals surface area (Å²) in [4.78, 5) is 83.7. The van der Waals surface area contributed by atoms with E-state index in [4.69, 9.17) is 18.0 Å². The van der Waals surface area contributed by atoms with E-state index in [1.54, 1.807) is 34.9 Å². The molecule has 18 nitrogen and oxygen atoms in total. The maximum Gasteiger partial charge on any atom is 0.244 e. The van der Waals surface area contributed by atoms with Crippen LogP contribution in [0.5, 0.6) is 0 Å². The predicted molar refractivity (Wildman–Crippen MR) is 235 cm³/mol. The fraction of sp³-hybridized carbons (Fsp3) is 0.622. The summed E-state index contributed by atoms with van der Waals surface area (Å²) in [5, 5.41) is 29.2. The topological polar surface area (TPSA) is 266 Å². The van der Waals surface area contributed by atoms with Gasteiger partial charge in [-0.15, -0.1) is 5.11 Å². The fourth-order valence-corrected chi connectivity index (χ4v) is 5.58. The van der Waals surface area contributed by atoms with Crippen LogP contribution in [0.2, 0.25) is 0 Å². The van der Waals surface area contributed by atoms with E-state index in [1.165, 1.54) is 0 Å². The number of rotatable bonds is 27. The molecule has 0 aliphatic heterocycles. The van der Waals surface area contributed by atoms with Crippen LogP contribution in [-0.4, -0.2) is 122 Å². The first-order valence-corrected chi connectivity index (χ1v) is 20.8. The first-order chi connectivity index (χ1) is 27.7. The minimum Gasteiger partial charge on any atom is -0.354 e. The normalized spacial score (nSPS) is 13.3. The van der Waals surface area contributed by atoms with Crippen LogP contribution in [0, 0.1) is 0 Å². The number of ketones is 2. The van der Waals surface area contributed by atoms with Gasteiger partial charge in [0.15, 0.2) is 0 Å². The molecule has 0 saturated carbocycles. The van der Waals surface area contributed by atoms with Gasteiger partial charge in [0.1, 0.15) is 36.2 Å². The molecule has 6 unspecified atom stereocenters. The molecule has 0 bridgehead atoms. The van der Waals surface area contributed by atoms with Gasteiger partial charge in [0, 0.05) is 38.2 Å². The lowest BCUT2D eigenvalue weighted by Gasteiger charge is -2.22. The van der Waals surface area contributed by atoms with Crippen molar-refractivity contribution in [3.63, 3.8) is 0 Å². The van der Waals surface area contributed by atoms with Crippen molar-refractivity contribution in [1.82, 2.24) is 42.3 Å². The van der Waals surface area contributed by atoms with E-state index in [0.717, 1.165) is 24.8 Å². The second-order valence-corrected chi connectivity index (χ2v) is 14.1. The second-order valence-electron chi connectivity index (χ2n) is 13.1. The van der Waals surface area contributed by atoms with Crippen LogP contribution in [0.15, 0.2) is 40.6 Å². The average Bonchev–Trinajstić information content (AvgIpc) is 3.21. The smallest absolute Gasteiger partial charge is 0.244 e. The van der Waals surface area contributed by atoms with Gasteiger partial charge >= 0.3 is 0 Å². The Morgan fingerprint density at radius 1 is 0.741 bits per heavy atom. The van der Waals surface area contributed by atoms with Crippen LogP contribution < -0.4 is 48.0 Å². The van der Waals surface area contributed by atoms with E-state index in [1.807, 2.05) is 30.3 Å². The number of azo groups is 1. The van der Waals surface area contributed by atoms with Gasteiger partial charge in [-0.3, -0.25) is 33.6 Å². The SMILES string of the molecule is CCC(=O)NC(Cc1ccccc1)C(=O)NC(CS)C(=O)NCCCCC(NC)C(C)=O.CNC(CCCCNC(=O)C(CN)NC(=O)CN=NC(=S)NP)C(C)=O. The summed E-state index contributed by atoms with van der Waals surface area (Å²) >= 11 is 8.94. The first kappa shape index (κ1) is 54.1. The van der Waals surface area contributed by atoms with Gasteiger partial charge in [-0.05, 0) is 93.6 Å². The molecule has 5 amide bonds. The van der Waals surface area contributed by atoms with Crippen molar-refractivity contribution in [2.45, 2.75) is 102 Å². The maximum atomic E-state index is 12.8. The Bertz CT molecular complexity index is 1480. The van der Waals surface area contributed by atoms with E-state index >= 15 is 0 Å². The summed E-state index contributed by atoms with van der Waals surface area (Å²) in [6, 6.07) is 6.60. The summed E-state index contributed by atoms with van der Waals surface area (Å²) < 4.78 is 0. The molecule has 0 aromatic heterocycles. The lowest BCUT2D eigenvalue weighted by molar-refractivity contribution is -0.131. The number of likely N-dealkylation sites (N-methyl/N-ethyl adjacent to an activating group) is 2. The quantitative estimate of drug-likeness (QED) is 0.0184. The number of thiocarbonyl (C=S) groups is 1. The van der Waals surface area contributed by atoms with Crippen molar-refractivity contribution in [1.29, 1.82) is 0 Å². The van der Waals surface area contributed by atoms with E-state index in [-0.39, 0.29) is 71.7 Å². The molecular weight excluding hydrogens is 806 g/mol. The first-order valence-electron chi connectivity index (χ1n) is 19.2. The summed E-state index contributed by atoms with van der Waals surface area (Å²) in [6.07, 6.45) is 4.99. The number of nitrogens with zero attached hydrogens (tertiary/aromatic N) is 2. The third kappa shape index (κ3) is 24.7. The molecule has 1 aromatic carbocycles. The van der Waals surface area contributed by atoms with Crippen LogP contribution in [0.3, 0.4) is 0 Å². The van der Waals surface area contributed by atoms with Gasteiger partial charge in [0.05, 0.1) is 12.1 Å². The number of thiol groups is 1. The zero-order valence-electron chi connectivity index (χ0n) is 34.2. The number of carbonyl (C=O) groups is 7. The van der Waals surface area contributed by atoms with Gasteiger partial charge in [-0.25, -0.2) is 0 Å². The number of nitrogens with one attached hydrogen (secondary N) is 8. The number of benzene rings is 1. The number of nitrogens with two attached hydrogens (primary N) is 1. The van der Waals surface area contributed by atoms with Crippen molar-refractivity contribution in [2.75, 3.05) is 46.0 Å². The van der Waals surface area contributed by atoms with Crippen molar-refractivity contribution >= 4 is 80.5 Å². The summed E-state index contributed by atoms with van der Waals surface area (Å²) in [7, 11) is 5.66. The molecule has 1 aromatic rings. The minimum atomic E-state index is -0.841. The van der Waals surface area contributed by atoms with Gasteiger partial charge in [0.25, 0.3) is 0 Å². The van der Waals surface area contributed by atoms with Crippen LogP contribution in [-0.2, 0) is 40.0 Å². The van der Waals surface area contributed by atoms with E-state index in [9.17, 15) is 33.6 Å². The highest BCUT2D eigenvalue weighted by atomic mass is 32.1. The molecule has 6 atom stereocenters. The van der Waals surface area contributed by atoms with Crippen LogP contribution in [0.1, 0.15) is 71.3 Å². The van der Waals surface area contributed by atoms with Gasteiger partial charge < -0.3 is 48.0 Å². The lowest BCUT2D eigenvalue weighted by Crippen LogP contribution is -2.55. The number of amides is 5. The van der Waals surface area contributed by atoms with Crippen molar-refractivity contribution in [3.8, 4) is 0 Å². The van der Waals surface area contributed by atoms with E-state index in [0.29, 0.717) is 38.8 Å². The Kier molecular flexibility index (Phi) is 30.7. The molecule has 0 fully saturated rings. The summed E-state index contributed by atoms with van der Waals surface area (Å²) in [5.74, 6) is -1.53. The molecule has 326 valence electrons. The Labute approximate surface area is 355 Å². The Hall–Kier alpha value is -3.94. The van der Waals surface area contributed by atoms with E-state index < -0.39 is 29.9 Å². The van der Waals surface area contributed by atoms with Crippen molar-refractivity contribution in [2.24, 2.45) is 16.0 Å². The number of carbonyl (C=O) groups excluding carboxylic acids is 7. The molecular formula is C37H64N11O7PS2. The Morgan fingerprint density at radius 3 is 1.71 bits per heavy atom. The highest BCUT2D eigenvalue weighted by molar-refractivity contribution is 7.80. The zero-order valence-corrected chi connectivity index (χ0v) is 37.1. The molecule has 0 aliphatic rings. The Morgan fingerprint density at radius 2 is 1.26 bits per heavy atom. The monoisotopic (exact) mass is 869 g/mol. The number of Topliss-reactive ketones (excluding diaryl/α,β-unsaturated/α-hetero) is 2. The second kappa shape index (κ2) is 33.0.